The molecule has 1 fully saturated rings. The lowest BCUT2D eigenvalue weighted by molar-refractivity contribution is -0.117. The molecule has 0 aliphatic carbocycles. The molecule has 5 nitrogen and oxygen atoms in total. The fourth-order valence-corrected chi connectivity index (χ4v) is 2.95. The molecule has 1 atom stereocenters. The molecule has 2 N–H and O–H groups in total. The number of halogens is 1. The molecule has 1 aromatic carbocycles. The summed E-state index contributed by atoms with van der Waals surface area (Å²) in [6, 6.07) is 5.18. The van der Waals surface area contributed by atoms with Crippen molar-refractivity contribution in [3.05, 3.63) is 27.3 Å². The highest BCUT2D eigenvalue weighted by atomic mass is 127. The zero-order valence-electron chi connectivity index (χ0n) is 10.6. The maximum absolute atomic E-state index is 11.9. The minimum absolute atomic E-state index is 0.0826. The molecule has 0 radical (unpaired) electrons. The van der Waals surface area contributed by atoms with E-state index >= 15 is 0 Å². The first kappa shape index (κ1) is 14.3. The van der Waals surface area contributed by atoms with Gasteiger partial charge < -0.3 is 15.4 Å². The lowest BCUT2D eigenvalue weighted by Gasteiger charge is -2.18. The molecule has 1 unspecified atom stereocenters. The maximum atomic E-state index is 11.9. The number of hydrogen-bond acceptors (Lipinski definition) is 4. The summed E-state index contributed by atoms with van der Waals surface area (Å²) < 4.78 is 5.53. The van der Waals surface area contributed by atoms with Crippen LogP contribution in [-0.4, -0.2) is 32.1 Å². The molecule has 0 aromatic heterocycles. The van der Waals surface area contributed by atoms with Crippen LogP contribution in [0.4, 0.5) is 5.69 Å². The summed E-state index contributed by atoms with van der Waals surface area (Å²) in [6.07, 6.45) is 0.491. The van der Waals surface area contributed by atoms with E-state index in [0.29, 0.717) is 25.1 Å². The van der Waals surface area contributed by atoms with Crippen molar-refractivity contribution in [3.8, 4) is 0 Å². The number of nitrogens with zero attached hydrogens (tertiary/aromatic N) is 1. The zero-order chi connectivity index (χ0) is 14.0. The van der Waals surface area contributed by atoms with Crippen molar-refractivity contribution in [2.45, 2.75) is 6.42 Å². The smallest absolute Gasteiger partial charge is 0.337 e. The minimum atomic E-state index is -0.378. The third kappa shape index (κ3) is 2.89. The van der Waals surface area contributed by atoms with Gasteiger partial charge in [0.2, 0.25) is 5.91 Å². The Bertz CT molecular complexity index is 519. The Morgan fingerprint density at radius 2 is 2.32 bits per heavy atom. The van der Waals surface area contributed by atoms with Gasteiger partial charge >= 0.3 is 5.97 Å². The molecule has 102 valence electrons. The van der Waals surface area contributed by atoms with Gasteiger partial charge in [-0.15, -0.1) is 0 Å². The van der Waals surface area contributed by atoms with Crippen molar-refractivity contribution >= 4 is 40.2 Å². The predicted octanol–water partition coefficient (Wildman–Crippen LogP) is 1.39. The summed E-state index contributed by atoms with van der Waals surface area (Å²) >= 11 is 2.12. The number of methoxy groups -OCH3 is 1. The first-order valence-corrected chi connectivity index (χ1v) is 7.03. The first-order chi connectivity index (χ1) is 9.06. The highest BCUT2D eigenvalue weighted by Gasteiger charge is 2.30. The number of benzene rings is 1. The summed E-state index contributed by atoms with van der Waals surface area (Å²) in [5.41, 5.74) is 6.93. The van der Waals surface area contributed by atoms with Gasteiger partial charge in [0.05, 0.1) is 18.4 Å². The molecule has 1 aliphatic rings. The minimum Gasteiger partial charge on any atom is -0.465 e. The quantitative estimate of drug-likeness (QED) is 0.641. The van der Waals surface area contributed by atoms with Gasteiger partial charge in [0.15, 0.2) is 0 Å². The topological polar surface area (TPSA) is 72.6 Å². The summed E-state index contributed by atoms with van der Waals surface area (Å²) in [4.78, 5) is 25.1. The number of amides is 1. The van der Waals surface area contributed by atoms with Gasteiger partial charge in [0.25, 0.3) is 0 Å². The van der Waals surface area contributed by atoms with E-state index in [1.165, 1.54) is 7.11 Å². The molecule has 0 bridgehead atoms. The molecule has 1 saturated heterocycles. The monoisotopic (exact) mass is 374 g/mol. The van der Waals surface area contributed by atoms with Gasteiger partial charge in [-0.1, -0.05) is 0 Å². The summed E-state index contributed by atoms with van der Waals surface area (Å²) in [7, 11) is 1.35. The molecule has 1 aliphatic heterocycles. The summed E-state index contributed by atoms with van der Waals surface area (Å²) in [6.45, 7) is 1.15. The molecule has 1 heterocycles. The highest BCUT2D eigenvalue weighted by Crippen LogP contribution is 2.29. The first-order valence-electron chi connectivity index (χ1n) is 5.95. The third-order valence-electron chi connectivity index (χ3n) is 3.20. The number of carbonyl (C=O) groups is 2. The van der Waals surface area contributed by atoms with Crippen LogP contribution in [-0.2, 0) is 9.53 Å². The van der Waals surface area contributed by atoms with E-state index in [2.05, 4.69) is 27.3 Å². The highest BCUT2D eigenvalue weighted by molar-refractivity contribution is 14.1. The van der Waals surface area contributed by atoms with Gasteiger partial charge in [0, 0.05) is 16.5 Å². The molecular formula is C13H15IN2O3. The molecular weight excluding hydrogens is 359 g/mol. The van der Waals surface area contributed by atoms with Crippen molar-refractivity contribution < 1.29 is 14.3 Å². The summed E-state index contributed by atoms with van der Waals surface area (Å²) in [5, 5.41) is 0. The van der Waals surface area contributed by atoms with Crippen molar-refractivity contribution in [2.24, 2.45) is 11.7 Å². The van der Waals surface area contributed by atoms with Crippen LogP contribution >= 0.6 is 22.6 Å². The molecule has 19 heavy (non-hydrogen) atoms. The SMILES string of the molecule is COC(=O)c1ccc(N2CC(CN)CC2=O)c(I)c1. The second-order valence-electron chi connectivity index (χ2n) is 4.47. The molecule has 6 heteroatoms. The van der Waals surface area contributed by atoms with Crippen molar-refractivity contribution in [1.29, 1.82) is 0 Å². The normalized spacial score (nSPS) is 18.8. The molecule has 1 amide bonds. The fraction of sp³-hybridized carbons (Fsp3) is 0.385. The Labute approximate surface area is 125 Å². The molecule has 0 saturated carbocycles. The van der Waals surface area contributed by atoms with E-state index in [9.17, 15) is 9.59 Å². The molecule has 1 aromatic rings. The lowest BCUT2D eigenvalue weighted by atomic mass is 10.1. The standard InChI is InChI=1S/C13H15IN2O3/c1-19-13(18)9-2-3-11(10(14)5-9)16-7-8(6-15)4-12(16)17/h2-3,5,8H,4,6-7,15H2,1H3. The van der Waals surface area contributed by atoms with Crippen molar-refractivity contribution in [1.82, 2.24) is 0 Å². The van der Waals surface area contributed by atoms with Crippen LogP contribution in [0, 0.1) is 9.49 Å². The average Bonchev–Trinajstić information content (AvgIpc) is 2.79. The number of esters is 1. The van der Waals surface area contributed by atoms with E-state index < -0.39 is 0 Å². The van der Waals surface area contributed by atoms with E-state index in [1.807, 2.05) is 0 Å². The summed E-state index contributed by atoms with van der Waals surface area (Å²) in [5.74, 6) is -0.0835. The van der Waals surface area contributed by atoms with E-state index in [-0.39, 0.29) is 17.8 Å². The van der Waals surface area contributed by atoms with Gasteiger partial charge in [-0.25, -0.2) is 4.79 Å². The van der Waals surface area contributed by atoms with E-state index in [4.69, 9.17) is 5.73 Å². The predicted molar refractivity (Wildman–Crippen MR) is 80.0 cm³/mol. The zero-order valence-corrected chi connectivity index (χ0v) is 12.7. The van der Waals surface area contributed by atoms with Crippen LogP contribution in [0.15, 0.2) is 18.2 Å². The number of rotatable bonds is 3. The van der Waals surface area contributed by atoms with Crippen LogP contribution in [0.5, 0.6) is 0 Å². The Morgan fingerprint density at radius 3 is 2.84 bits per heavy atom. The largest absolute Gasteiger partial charge is 0.465 e. The van der Waals surface area contributed by atoms with Crippen LogP contribution < -0.4 is 10.6 Å². The Kier molecular flexibility index (Phi) is 4.41. The third-order valence-corrected chi connectivity index (χ3v) is 4.06. The Hall–Kier alpha value is -1.15. The van der Waals surface area contributed by atoms with Crippen LogP contribution in [0.25, 0.3) is 0 Å². The lowest BCUT2D eigenvalue weighted by Crippen LogP contribution is -2.26. The van der Waals surface area contributed by atoms with E-state index in [0.717, 1.165) is 9.26 Å². The number of nitrogens with two attached hydrogens (primary N) is 1. The van der Waals surface area contributed by atoms with Crippen LogP contribution in [0.1, 0.15) is 16.8 Å². The number of anilines is 1. The molecule has 2 rings (SSSR count). The van der Waals surface area contributed by atoms with Gasteiger partial charge in [-0.05, 0) is 53.3 Å². The maximum Gasteiger partial charge on any atom is 0.337 e. The Balaban J connectivity index is 2.27. The van der Waals surface area contributed by atoms with Gasteiger partial charge in [-0.2, -0.15) is 0 Å². The van der Waals surface area contributed by atoms with Gasteiger partial charge in [-0.3, -0.25) is 4.79 Å². The average molecular weight is 374 g/mol. The van der Waals surface area contributed by atoms with Crippen LogP contribution in [0.2, 0.25) is 0 Å². The molecule has 0 spiro atoms. The van der Waals surface area contributed by atoms with Crippen molar-refractivity contribution in [3.63, 3.8) is 0 Å². The second-order valence-corrected chi connectivity index (χ2v) is 5.63. The second kappa shape index (κ2) is 5.87. The van der Waals surface area contributed by atoms with Gasteiger partial charge in [0.1, 0.15) is 0 Å². The number of ether oxygens (including phenoxy) is 1. The number of hydrogen-bond donors (Lipinski definition) is 1. The van der Waals surface area contributed by atoms with Crippen LogP contribution in [0.3, 0.4) is 0 Å². The van der Waals surface area contributed by atoms with Crippen molar-refractivity contribution in [2.75, 3.05) is 25.1 Å². The fourth-order valence-electron chi connectivity index (χ4n) is 2.14. The Morgan fingerprint density at radius 1 is 1.58 bits per heavy atom. The number of carbonyl (C=O) groups excluding carboxylic acids is 2. The van der Waals surface area contributed by atoms with E-state index in [1.54, 1.807) is 23.1 Å².